The average Bonchev–Trinajstić information content (AvgIpc) is 3.06. The average molecular weight is 345 g/mol. The summed E-state index contributed by atoms with van der Waals surface area (Å²) in [5, 5.41) is 0.792. The van der Waals surface area contributed by atoms with Crippen molar-refractivity contribution < 1.29 is 9.53 Å². The van der Waals surface area contributed by atoms with E-state index in [1.807, 2.05) is 48.9 Å². The molecule has 0 radical (unpaired) electrons. The first-order valence-electron chi connectivity index (χ1n) is 7.78. The highest BCUT2D eigenvalue weighted by molar-refractivity contribution is 7.99. The first kappa shape index (κ1) is 18.1. The van der Waals surface area contributed by atoms with E-state index >= 15 is 0 Å². The Morgan fingerprint density at radius 1 is 1.38 bits per heavy atom. The highest BCUT2D eigenvalue weighted by Crippen LogP contribution is 2.22. The molecule has 1 aromatic heterocycles. The molecule has 0 aliphatic rings. The summed E-state index contributed by atoms with van der Waals surface area (Å²) in [4.78, 5) is 18.5. The van der Waals surface area contributed by atoms with Crippen molar-refractivity contribution in [2.75, 3.05) is 26.0 Å². The summed E-state index contributed by atoms with van der Waals surface area (Å²) in [7, 11) is 1.64. The number of carbonyl (C=O) groups is 1. The van der Waals surface area contributed by atoms with Crippen LogP contribution in [0.15, 0.2) is 54.0 Å². The van der Waals surface area contributed by atoms with Gasteiger partial charge in [0.05, 0.1) is 12.9 Å². The van der Waals surface area contributed by atoms with Crippen molar-refractivity contribution in [3.05, 3.63) is 48.8 Å². The van der Waals surface area contributed by atoms with E-state index in [1.54, 1.807) is 18.2 Å². The largest absolute Gasteiger partial charge is 0.497 e. The Morgan fingerprint density at radius 2 is 2.08 bits per heavy atom. The number of amides is 1. The number of rotatable bonds is 8. The second-order valence-electron chi connectivity index (χ2n) is 5.43. The summed E-state index contributed by atoms with van der Waals surface area (Å²) in [5.74, 6) is 1.25. The maximum absolute atomic E-state index is 12.3. The number of likely N-dealkylation sites (N-methyl/N-ethyl adjacent to an activating group) is 1. The second-order valence-corrected chi connectivity index (χ2v) is 6.37. The fraction of sp³-hybridized carbons (Fsp3) is 0.333. The van der Waals surface area contributed by atoms with Gasteiger partial charge in [-0.1, -0.05) is 23.9 Å². The molecule has 0 unspecified atom stereocenters. The highest BCUT2D eigenvalue weighted by atomic mass is 32.2. The van der Waals surface area contributed by atoms with Gasteiger partial charge in [0.1, 0.15) is 5.75 Å². The van der Waals surface area contributed by atoms with Crippen molar-refractivity contribution in [1.82, 2.24) is 14.5 Å². The lowest BCUT2D eigenvalue weighted by atomic mass is 10.3. The van der Waals surface area contributed by atoms with Crippen molar-refractivity contribution in [2.24, 2.45) is 0 Å². The van der Waals surface area contributed by atoms with Crippen LogP contribution in [0, 0.1) is 0 Å². The van der Waals surface area contributed by atoms with E-state index in [9.17, 15) is 4.79 Å². The number of nitrogens with zero attached hydrogens (tertiary/aromatic N) is 3. The van der Waals surface area contributed by atoms with Crippen LogP contribution < -0.4 is 4.74 Å². The zero-order chi connectivity index (χ0) is 17.5. The third-order valence-corrected chi connectivity index (χ3v) is 4.43. The van der Waals surface area contributed by atoms with Crippen LogP contribution in [0.3, 0.4) is 0 Å². The molecule has 1 heterocycles. The first-order valence-corrected chi connectivity index (χ1v) is 8.76. The Balaban J connectivity index is 2.04. The molecular weight excluding hydrogens is 322 g/mol. The molecule has 0 fully saturated rings. The van der Waals surface area contributed by atoms with E-state index in [1.165, 1.54) is 11.8 Å². The minimum absolute atomic E-state index is 0.0924. The van der Waals surface area contributed by atoms with E-state index in [4.69, 9.17) is 4.74 Å². The van der Waals surface area contributed by atoms with E-state index in [2.05, 4.69) is 11.6 Å². The second kappa shape index (κ2) is 8.59. The summed E-state index contributed by atoms with van der Waals surface area (Å²) in [6.45, 7) is 9.06. The monoisotopic (exact) mass is 345 g/mol. The summed E-state index contributed by atoms with van der Waals surface area (Å²) >= 11 is 1.44. The van der Waals surface area contributed by atoms with Crippen LogP contribution in [0.4, 0.5) is 0 Å². The van der Waals surface area contributed by atoms with Gasteiger partial charge in [-0.2, -0.15) is 0 Å². The molecule has 1 aromatic carbocycles. The SMILES string of the molecule is C=C(C)CN(CC)C(=O)CSc1nccn1-c1ccc(OC)cc1. The molecule has 6 heteroatoms. The lowest BCUT2D eigenvalue weighted by Crippen LogP contribution is -2.33. The number of hydrogen-bond donors (Lipinski definition) is 0. The number of benzene rings is 1. The maximum atomic E-state index is 12.3. The number of imidazole rings is 1. The van der Waals surface area contributed by atoms with Gasteiger partial charge in [0, 0.05) is 31.2 Å². The molecule has 0 aliphatic heterocycles. The van der Waals surface area contributed by atoms with Crippen molar-refractivity contribution in [3.8, 4) is 11.4 Å². The Labute approximate surface area is 147 Å². The molecule has 2 rings (SSSR count). The van der Waals surface area contributed by atoms with Gasteiger partial charge in [-0.05, 0) is 38.1 Å². The summed E-state index contributed by atoms with van der Waals surface area (Å²) in [6, 6.07) is 7.73. The smallest absolute Gasteiger partial charge is 0.233 e. The lowest BCUT2D eigenvalue weighted by molar-refractivity contribution is -0.127. The van der Waals surface area contributed by atoms with Crippen LogP contribution in [0.25, 0.3) is 5.69 Å². The quantitative estimate of drug-likeness (QED) is 0.543. The number of carbonyl (C=O) groups excluding carboxylic acids is 1. The van der Waals surface area contributed by atoms with Crippen LogP contribution in [0.1, 0.15) is 13.8 Å². The van der Waals surface area contributed by atoms with Gasteiger partial charge in [0.25, 0.3) is 0 Å². The molecule has 0 bridgehead atoms. The predicted octanol–water partition coefficient (Wildman–Crippen LogP) is 3.40. The van der Waals surface area contributed by atoms with Gasteiger partial charge in [0.2, 0.25) is 5.91 Å². The Hall–Kier alpha value is -2.21. The van der Waals surface area contributed by atoms with Crippen LogP contribution >= 0.6 is 11.8 Å². The molecule has 0 spiro atoms. The molecule has 128 valence electrons. The topological polar surface area (TPSA) is 47.4 Å². The third-order valence-electron chi connectivity index (χ3n) is 3.48. The number of thioether (sulfide) groups is 1. The van der Waals surface area contributed by atoms with Crippen molar-refractivity contribution in [1.29, 1.82) is 0 Å². The number of ether oxygens (including phenoxy) is 1. The fourth-order valence-corrected chi connectivity index (χ4v) is 3.13. The van der Waals surface area contributed by atoms with Gasteiger partial charge in [-0.3, -0.25) is 9.36 Å². The zero-order valence-electron chi connectivity index (χ0n) is 14.4. The van der Waals surface area contributed by atoms with E-state index < -0.39 is 0 Å². The molecule has 24 heavy (non-hydrogen) atoms. The lowest BCUT2D eigenvalue weighted by Gasteiger charge is -2.20. The number of methoxy groups -OCH3 is 1. The standard InChI is InChI=1S/C18H23N3O2S/c1-5-20(12-14(2)3)17(22)13-24-18-19-10-11-21(18)15-6-8-16(23-4)9-7-15/h6-11H,2,5,12-13H2,1,3-4H3. The van der Waals surface area contributed by atoms with E-state index in [-0.39, 0.29) is 5.91 Å². The van der Waals surface area contributed by atoms with Crippen molar-refractivity contribution in [3.63, 3.8) is 0 Å². The van der Waals surface area contributed by atoms with Crippen LogP contribution in [0.5, 0.6) is 5.75 Å². The molecule has 2 aromatic rings. The van der Waals surface area contributed by atoms with Gasteiger partial charge in [-0.25, -0.2) is 4.98 Å². The molecule has 0 atom stereocenters. The summed E-state index contributed by atoms with van der Waals surface area (Å²) in [5.41, 5.74) is 1.97. The Kier molecular flexibility index (Phi) is 6.49. The van der Waals surface area contributed by atoms with E-state index in [0.29, 0.717) is 18.8 Å². The van der Waals surface area contributed by atoms with E-state index in [0.717, 1.165) is 22.2 Å². The minimum atomic E-state index is 0.0924. The number of aromatic nitrogens is 2. The van der Waals surface area contributed by atoms with Gasteiger partial charge >= 0.3 is 0 Å². The molecule has 0 saturated carbocycles. The van der Waals surface area contributed by atoms with Crippen LogP contribution in [0.2, 0.25) is 0 Å². The predicted molar refractivity (Wildman–Crippen MR) is 97.9 cm³/mol. The van der Waals surface area contributed by atoms with Crippen molar-refractivity contribution in [2.45, 2.75) is 19.0 Å². The molecular formula is C18H23N3O2S. The van der Waals surface area contributed by atoms with Gasteiger partial charge < -0.3 is 9.64 Å². The molecule has 0 N–H and O–H groups in total. The Bertz CT molecular complexity index is 695. The number of hydrogen-bond acceptors (Lipinski definition) is 4. The minimum Gasteiger partial charge on any atom is -0.497 e. The Morgan fingerprint density at radius 3 is 2.67 bits per heavy atom. The highest BCUT2D eigenvalue weighted by Gasteiger charge is 2.14. The molecule has 0 aliphatic carbocycles. The van der Waals surface area contributed by atoms with Crippen molar-refractivity contribution >= 4 is 17.7 Å². The first-order chi connectivity index (χ1) is 11.5. The molecule has 5 nitrogen and oxygen atoms in total. The zero-order valence-corrected chi connectivity index (χ0v) is 15.2. The fourth-order valence-electron chi connectivity index (χ4n) is 2.26. The van der Waals surface area contributed by atoms with Crippen LogP contribution in [-0.4, -0.2) is 46.3 Å². The van der Waals surface area contributed by atoms with Gasteiger partial charge in [0.15, 0.2) is 5.16 Å². The molecule has 0 saturated heterocycles. The van der Waals surface area contributed by atoms with Gasteiger partial charge in [-0.15, -0.1) is 0 Å². The molecule has 1 amide bonds. The van der Waals surface area contributed by atoms with Crippen LogP contribution in [-0.2, 0) is 4.79 Å². The summed E-state index contributed by atoms with van der Waals surface area (Å²) in [6.07, 6.45) is 3.63. The third kappa shape index (κ3) is 4.64. The normalized spacial score (nSPS) is 10.5. The summed E-state index contributed by atoms with van der Waals surface area (Å²) < 4.78 is 7.14. The maximum Gasteiger partial charge on any atom is 0.233 e.